The third kappa shape index (κ3) is 5.08. The summed E-state index contributed by atoms with van der Waals surface area (Å²) >= 11 is 0. The minimum absolute atomic E-state index is 0.0657. The molecule has 0 spiro atoms. The number of anilines is 2. The van der Waals surface area contributed by atoms with Crippen molar-refractivity contribution < 1.29 is 23.0 Å². The second kappa shape index (κ2) is 10.4. The average Bonchev–Trinajstić information content (AvgIpc) is 2.90. The molecule has 2 aliphatic rings. The van der Waals surface area contributed by atoms with Crippen LogP contribution in [0.4, 0.5) is 25.1 Å². The first-order chi connectivity index (χ1) is 17.5. The molecule has 1 N–H and O–H groups in total. The van der Waals surface area contributed by atoms with E-state index < -0.39 is 17.7 Å². The highest BCUT2D eigenvalue weighted by Crippen LogP contribution is 2.29. The van der Waals surface area contributed by atoms with Crippen LogP contribution >= 0.6 is 0 Å². The summed E-state index contributed by atoms with van der Waals surface area (Å²) in [6.45, 7) is 3.25. The summed E-state index contributed by atoms with van der Waals surface area (Å²) in [6.07, 6.45) is 1.05. The van der Waals surface area contributed by atoms with Crippen LogP contribution in [0.2, 0.25) is 0 Å². The van der Waals surface area contributed by atoms with E-state index in [1.165, 1.54) is 6.07 Å². The largest absolute Gasteiger partial charge is 0.496 e. The van der Waals surface area contributed by atoms with Gasteiger partial charge in [-0.1, -0.05) is 18.2 Å². The third-order valence-electron chi connectivity index (χ3n) is 6.40. The predicted molar refractivity (Wildman–Crippen MR) is 130 cm³/mol. The molecular formula is C26H27F2N5O3. The second-order valence-corrected chi connectivity index (χ2v) is 8.70. The number of nitrogens with one attached hydrogen (secondary N) is 1. The van der Waals surface area contributed by atoms with Gasteiger partial charge in [-0.15, -0.1) is 0 Å². The molecule has 8 nitrogen and oxygen atoms in total. The maximum absolute atomic E-state index is 14.1. The van der Waals surface area contributed by atoms with Gasteiger partial charge in [0.1, 0.15) is 29.0 Å². The highest BCUT2D eigenvalue weighted by molar-refractivity contribution is 5.89. The number of morpholine rings is 1. The molecule has 2 amide bonds. The van der Waals surface area contributed by atoms with E-state index in [2.05, 4.69) is 10.2 Å². The van der Waals surface area contributed by atoms with Crippen LogP contribution in [0, 0.1) is 11.6 Å². The Hall–Kier alpha value is -3.79. The van der Waals surface area contributed by atoms with E-state index in [4.69, 9.17) is 19.4 Å². The predicted octanol–water partition coefficient (Wildman–Crippen LogP) is 3.78. The number of amides is 2. The number of methoxy groups -OCH3 is 1. The van der Waals surface area contributed by atoms with E-state index in [-0.39, 0.29) is 12.2 Å². The summed E-state index contributed by atoms with van der Waals surface area (Å²) in [5.41, 5.74) is 2.70. The van der Waals surface area contributed by atoms with Gasteiger partial charge in [0.2, 0.25) is 0 Å². The molecule has 1 fully saturated rings. The number of fused-ring (bicyclic) bond motifs is 1. The number of nitrogens with zero attached hydrogens (tertiary/aromatic N) is 4. The monoisotopic (exact) mass is 495 g/mol. The highest BCUT2D eigenvalue weighted by Gasteiger charge is 2.29. The molecule has 10 heteroatoms. The molecule has 5 rings (SSSR count). The zero-order valence-corrected chi connectivity index (χ0v) is 20.0. The number of carbonyl (C=O) groups excluding carboxylic acids is 1. The number of aromatic nitrogens is 2. The minimum atomic E-state index is -0.820. The first-order valence-corrected chi connectivity index (χ1v) is 11.9. The molecule has 0 radical (unpaired) electrons. The van der Waals surface area contributed by atoms with Crippen molar-refractivity contribution in [2.45, 2.75) is 19.4 Å². The van der Waals surface area contributed by atoms with Crippen LogP contribution in [0.3, 0.4) is 0 Å². The van der Waals surface area contributed by atoms with Crippen molar-refractivity contribution in [2.24, 2.45) is 0 Å². The fourth-order valence-corrected chi connectivity index (χ4v) is 4.54. The Morgan fingerprint density at radius 2 is 1.92 bits per heavy atom. The van der Waals surface area contributed by atoms with Crippen LogP contribution in [-0.4, -0.2) is 60.9 Å². The Labute approximate surface area is 207 Å². The standard InChI is InChI=1S/C26H27F2N5O3/c1-35-23-5-3-2-4-17(23)14-24-29-21-8-9-33(26(34)30-22-7-6-18(27)15-20(22)28)16-19(21)25(31-24)32-10-12-36-13-11-32/h2-7,15H,8-14,16H2,1H3,(H,30,34). The maximum Gasteiger partial charge on any atom is 0.322 e. The van der Waals surface area contributed by atoms with Crippen LogP contribution in [-0.2, 0) is 24.1 Å². The van der Waals surface area contributed by atoms with Gasteiger partial charge in [-0.2, -0.15) is 0 Å². The lowest BCUT2D eigenvalue weighted by Gasteiger charge is -2.34. The molecule has 0 aliphatic carbocycles. The van der Waals surface area contributed by atoms with Crippen LogP contribution in [0.1, 0.15) is 22.6 Å². The Balaban J connectivity index is 1.42. The molecule has 2 aromatic carbocycles. The van der Waals surface area contributed by atoms with Crippen molar-refractivity contribution in [3.8, 4) is 5.75 Å². The molecule has 0 unspecified atom stereocenters. The van der Waals surface area contributed by atoms with E-state index in [0.29, 0.717) is 51.5 Å². The number of hydrogen-bond donors (Lipinski definition) is 1. The number of para-hydroxylation sites is 1. The molecular weight excluding hydrogens is 468 g/mol. The summed E-state index contributed by atoms with van der Waals surface area (Å²) in [4.78, 5) is 26.5. The smallest absolute Gasteiger partial charge is 0.322 e. The van der Waals surface area contributed by atoms with E-state index >= 15 is 0 Å². The summed E-state index contributed by atoms with van der Waals surface area (Å²) in [5, 5.41) is 2.55. The lowest BCUT2D eigenvalue weighted by Crippen LogP contribution is -2.42. The molecule has 1 saturated heterocycles. The van der Waals surface area contributed by atoms with Gasteiger partial charge in [-0.05, 0) is 18.2 Å². The maximum atomic E-state index is 14.1. The molecule has 188 valence electrons. The molecule has 3 heterocycles. The normalized spacial score (nSPS) is 15.4. The number of urea groups is 1. The topological polar surface area (TPSA) is 79.8 Å². The van der Waals surface area contributed by atoms with E-state index in [1.54, 1.807) is 12.0 Å². The van der Waals surface area contributed by atoms with Crippen LogP contribution in [0.15, 0.2) is 42.5 Å². The Morgan fingerprint density at radius 1 is 1.11 bits per heavy atom. The molecule has 36 heavy (non-hydrogen) atoms. The minimum Gasteiger partial charge on any atom is -0.496 e. The summed E-state index contributed by atoms with van der Waals surface area (Å²) in [6, 6.07) is 10.4. The summed E-state index contributed by atoms with van der Waals surface area (Å²) < 4.78 is 38.4. The molecule has 0 atom stereocenters. The third-order valence-corrected chi connectivity index (χ3v) is 6.40. The highest BCUT2D eigenvalue weighted by atomic mass is 19.1. The van der Waals surface area contributed by atoms with Crippen molar-refractivity contribution in [3.63, 3.8) is 0 Å². The first kappa shape index (κ1) is 23.9. The molecule has 0 bridgehead atoms. The van der Waals surface area contributed by atoms with Gasteiger partial charge in [0.15, 0.2) is 0 Å². The van der Waals surface area contributed by atoms with Gasteiger partial charge in [0.05, 0.1) is 38.2 Å². The number of ether oxygens (including phenoxy) is 2. The van der Waals surface area contributed by atoms with Gasteiger partial charge >= 0.3 is 6.03 Å². The van der Waals surface area contributed by atoms with E-state index in [0.717, 1.165) is 40.5 Å². The second-order valence-electron chi connectivity index (χ2n) is 8.70. The quantitative estimate of drug-likeness (QED) is 0.581. The van der Waals surface area contributed by atoms with Gasteiger partial charge in [-0.3, -0.25) is 0 Å². The molecule has 2 aliphatic heterocycles. The lowest BCUT2D eigenvalue weighted by atomic mass is 10.0. The average molecular weight is 496 g/mol. The van der Waals surface area contributed by atoms with Crippen molar-refractivity contribution in [2.75, 3.05) is 50.2 Å². The number of hydrogen-bond acceptors (Lipinski definition) is 6. The Morgan fingerprint density at radius 3 is 2.69 bits per heavy atom. The van der Waals surface area contributed by atoms with Crippen LogP contribution in [0.25, 0.3) is 0 Å². The van der Waals surface area contributed by atoms with Gasteiger partial charge in [0.25, 0.3) is 0 Å². The zero-order chi connectivity index (χ0) is 25.1. The fourth-order valence-electron chi connectivity index (χ4n) is 4.54. The van der Waals surface area contributed by atoms with Crippen molar-refractivity contribution in [1.82, 2.24) is 14.9 Å². The van der Waals surface area contributed by atoms with Crippen LogP contribution < -0.4 is 15.0 Å². The molecule has 3 aromatic rings. The molecule has 0 saturated carbocycles. The summed E-state index contributed by atoms with van der Waals surface area (Å²) in [5.74, 6) is 0.736. The van der Waals surface area contributed by atoms with Crippen molar-refractivity contribution in [1.29, 1.82) is 0 Å². The first-order valence-electron chi connectivity index (χ1n) is 11.9. The van der Waals surface area contributed by atoms with Gasteiger partial charge < -0.3 is 24.6 Å². The lowest BCUT2D eigenvalue weighted by molar-refractivity contribution is 0.122. The number of rotatable bonds is 5. The number of halogens is 2. The number of carbonyl (C=O) groups is 1. The van der Waals surface area contributed by atoms with Crippen molar-refractivity contribution in [3.05, 3.63) is 76.7 Å². The summed E-state index contributed by atoms with van der Waals surface area (Å²) in [7, 11) is 1.64. The van der Waals surface area contributed by atoms with E-state index in [1.807, 2.05) is 24.3 Å². The SMILES string of the molecule is COc1ccccc1Cc1nc2c(c(N3CCOCC3)n1)CN(C(=O)Nc1ccc(F)cc1F)CC2. The molecule has 1 aromatic heterocycles. The fraction of sp³-hybridized carbons (Fsp3) is 0.346. The number of benzene rings is 2. The van der Waals surface area contributed by atoms with Crippen LogP contribution in [0.5, 0.6) is 5.75 Å². The zero-order valence-electron chi connectivity index (χ0n) is 20.0. The van der Waals surface area contributed by atoms with Crippen molar-refractivity contribution >= 4 is 17.5 Å². The Kier molecular flexibility index (Phi) is 6.95. The van der Waals surface area contributed by atoms with Gasteiger partial charge in [-0.25, -0.2) is 23.5 Å². The Bertz CT molecular complexity index is 1270. The van der Waals surface area contributed by atoms with Gasteiger partial charge in [0, 0.05) is 49.7 Å². The van der Waals surface area contributed by atoms with E-state index in [9.17, 15) is 13.6 Å².